The largest absolute Gasteiger partial charge is 0.412 e. The molecule has 0 radical (unpaired) electrons. The van der Waals surface area contributed by atoms with Crippen molar-refractivity contribution in [3.63, 3.8) is 0 Å². The van der Waals surface area contributed by atoms with Crippen LogP contribution in [0.3, 0.4) is 0 Å². The molecule has 44 heavy (non-hydrogen) atoms. The van der Waals surface area contributed by atoms with Crippen molar-refractivity contribution < 1.29 is 29.0 Å². The van der Waals surface area contributed by atoms with Gasteiger partial charge in [-0.3, -0.25) is 19.7 Å². The minimum absolute atomic E-state index is 0. The minimum Gasteiger partial charge on any atom is -0.412 e. The Morgan fingerprint density at radius 2 is 1.84 bits per heavy atom. The van der Waals surface area contributed by atoms with Crippen molar-refractivity contribution in [2.75, 3.05) is 11.9 Å². The van der Waals surface area contributed by atoms with E-state index in [0.29, 0.717) is 42.0 Å². The molecule has 1 aliphatic carbocycles. The molecule has 1 aromatic heterocycles. The molecule has 2 saturated heterocycles. The predicted molar refractivity (Wildman–Crippen MR) is 167 cm³/mol. The normalized spacial score (nSPS) is 29.7. The number of anilines is 1. The van der Waals surface area contributed by atoms with Gasteiger partial charge in [-0.2, -0.15) is 0 Å². The maximum absolute atomic E-state index is 16.0. The van der Waals surface area contributed by atoms with Crippen LogP contribution in [0.2, 0.25) is 10.2 Å². The van der Waals surface area contributed by atoms with Crippen LogP contribution in [0.25, 0.3) is 0 Å². The number of benzene rings is 1. The van der Waals surface area contributed by atoms with Gasteiger partial charge in [-0.1, -0.05) is 43.1 Å². The molecule has 0 bridgehead atoms. The molecule has 14 heteroatoms. The lowest BCUT2D eigenvalue weighted by Crippen LogP contribution is -2.61. The highest BCUT2D eigenvalue weighted by Crippen LogP contribution is 2.64. The zero-order valence-corrected chi connectivity index (χ0v) is 26.7. The van der Waals surface area contributed by atoms with Crippen LogP contribution in [0.1, 0.15) is 69.4 Å². The first kappa shape index (κ1) is 34.3. The Kier molecular flexibility index (Phi) is 9.63. The first-order valence-electron chi connectivity index (χ1n) is 14.3. The van der Waals surface area contributed by atoms with Crippen molar-refractivity contribution in [3.8, 4) is 0 Å². The van der Waals surface area contributed by atoms with E-state index in [1.165, 1.54) is 12.3 Å². The van der Waals surface area contributed by atoms with Crippen LogP contribution < -0.4 is 21.7 Å². The van der Waals surface area contributed by atoms with E-state index in [4.69, 9.17) is 33.7 Å². The van der Waals surface area contributed by atoms with Crippen LogP contribution in [0.15, 0.2) is 30.5 Å². The van der Waals surface area contributed by atoms with Crippen LogP contribution in [-0.2, 0) is 24.5 Å². The maximum Gasteiger partial charge on any atom is 0.246 e. The summed E-state index contributed by atoms with van der Waals surface area (Å²) in [6.07, 6.45) is 4.31. The fourth-order valence-corrected chi connectivity index (χ4v) is 8.05. The lowest BCUT2D eigenvalue weighted by atomic mass is 9.53. The van der Waals surface area contributed by atoms with Crippen molar-refractivity contribution in [2.24, 2.45) is 11.1 Å². The number of hydrogen-bond acceptors (Lipinski definition) is 6. The van der Waals surface area contributed by atoms with Crippen molar-refractivity contribution >= 4 is 59.0 Å². The van der Waals surface area contributed by atoms with Crippen LogP contribution in [0.5, 0.6) is 0 Å². The highest BCUT2D eigenvalue weighted by Gasteiger charge is 2.73. The number of rotatable bonds is 4. The van der Waals surface area contributed by atoms with Gasteiger partial charge < -0.3 is 26.6 Å². The molecule has 4 aliphatic rings. The van der Waals surface area contributed by atoms with Crippen molar-refractivity contribution in [2.45, 2.75) is 87.4 Å². The molecule has 3 aliphatic heterocycles. The molecule has 3 fully saturated rings. The molecule has 2 spiro atoms. The van der Waals surface area contributed by atoms with Gasteiger partial charge in [0.25, 0.3) is 0 Å². The molecule has 1 saturated carbocycles. The highest BCUT2D eigenvalue weighted by atomic mass is 35.5. The second-order valence-corrected chi connectivity index (χ2v) is 13.6. The van der Waals surface area contributed by atoms with Gasteiger partial charge in [0, 0.05) is 28.4 Å². The predicted octanol–water partition coefficient (Wildman–Crippen LogP) is 3.56. The Morgan fingerprint density at radius 1 is 1.14 bits per heavy atom. The molecule has 10 nitrogen and oxygen atoms in total. The number of fused-ring (bicyclic) bond motifs is 3. The average Bonchev–Trinajstić information content (AvgIpc) is 3.40. The number of pyridine rings is 1. The molecule has 3 amide bonds. The molecule has 6 rings (SSSR count). The van der Waals surface area contributed by atoms with Gasteiger partial charge in [0.05, 0.1) is 18.7 Å². The molecular weight excluding hydrogens is 636 g/mol. The topological polar surface area (TPSA) is 167 Å². The summed E-state index contributed by atoms with van der Waals surface area (Å²) in [6.45, 7) is 4.49. The van der Waals surface area contributed by atoms with E-state index < -0.39 is 46.6 Å². The van der Waals surface area contributed by atoms with E-state index in [2.05, 4.69) is 34.8 Å². The molecular formula is C30H37Cl3FN5O5. The summed E-state index contributed by atoms with van der Waals surface area (Å²) in [5.74, 6) is -2.99. The number of carbonyl (C=O) groups excluding carboxylic acids is 3. The number of halogens is 4. The smallest absolute Gasteiger partial charge is 0.246 e. The molecule has 7 N–H and O–H groups in total. The van der Waals surface area contributed by atoms with Crippen LogP contribution in [-0.4, -0.2) is 58.5 Å². The fraction of sp³-hybridized carbons (Fsp3) is 0.533. The fourth-order valence-electron chi connectivity index (χ4n) is 7.71. The molecule has 2 aromatic rings. The van der Waals surface area contributed by atoms with Crippen LogP contribution in [0.4, 0.5) is 10.1 Å². The summed E-state index contributed by atoms with van der Waals surface area (Å²) in [4.78, 5) is 44.2. The molecule has 1 aromatic carbocycles. The van der Waals surface area contributed by atoms with E-state index in [0.717, 1.165) is 12.8 Å². The second kappa shape index (κ2) is 12.3. The molecule has 240 valence electrons. The van der Waals surface area contributed by atoms with Gasteiger partial charge >= 0.3 is 0 Å². The van der Waals surface area contributed by atoms with Crippen molar-refractivity contribution in [3.05, 3.63) is 57.6 Å². The first-order valence-corrected chi connectivity index (χ1v) is 15.0. The third kappa shape index (κ3) is 5.35. The minimum atomic E-state index is -1.35. The monoisotopic (exact) mass is 671 g/mol. The maximum atomic E-state index is 16.0. The number of ether oxygens (including phenoxy) is 1. The standard InChI is InChI=1S/C30H34Cl2FN5O4.ClH.H2O/c1-28(2)8-10-29(11-9-28)30(18-5-3-15(31)13-19(18)37-27(30)41)21(17-7-12-35-24(32)22(17)33)23(38-29)26(40)36-16-4-6-20(25(34)39)42-14-16;;/h3,5,7,12-13,16,20-21,23,38H,4,6,8-11,14H2,1-2H3,(H2,34,39)(H,36,40)(H,37,41);1H;1H2/t16-,20+,21+,23-,30-;;/m1../s1. The number of nitrogens with two attached hydrogens (primary N) is 1. The van der Waals surface area contributed by atoms with Crippen molar-refractivity contribution in [1.82, 2.24) is 15.6 Å². The number of amides is 3. The van der Waals surface area contributed by atoms with Gasteiger partial charge in [-0.15, -0.1) is 12.4 Å². The molecule has 5 atom stereocenters. The summed E-state index contributed by atoms with van der Waals surface area (Å²) in [6, 6.07) is 5.34. The Labute approximate surface area is 271 Å². The number of hydrogen-bond donors (Lipinski definition) is 4. The number of primary amides is 1. The summed E-state index contributed by atoms with van der Waals surface area (Å²) < 4.78 is 21.6. The Bertz CT molecular complexity index is 1460. The molecule has 0 unspecified atom stereocenters. The van der Waals surface area contributed by atoms with Crippen LogP contribution >= 0.6 is 35.6 Å². The van der Waals surface area contributed by atoms with Gasteiger partial charge in [0.15, 0.2) is 11.0 Å². The number of aromatic nitrogens is 1. The zero-order valence-electron chi connectivity index (χ0n) is 24.3. The van der Waals surface area contributed by atoms with E-state index >= 15 is 4.39 Å². The third-order valence-electron chi connectivity index (χ3n) is 9.89. The van der Waals surface area contributed by atoms with Gasteiger partial charge in [-0.25, -0.2) is 9.37 Å². The van der Waals surface area contributed by atoms with Gasteiger partial charge in [0.2, 0.25) is 17.7 Å². The quantitative estimate of drug-likeness (QED) is 0.363. The SMILES string of the molecule is CC1(C)CCC2(CC1)N[C@@H](C(=O)N[C@@H]1CC[C@@H](C(N)=O)OC1)[C@H](c1ccnc(Cl)c1F)[C@]21C(=O)Nc2cc(Cl)ccc21.Cl.O. The van der Waals surface area contributed by atoms with Gasteiger partial charge in [0.1, 0.15) is 11.5 Å². The third-order valence-corrected chi connectivity index (χ3v) is 10.4. The van der Waals surface area contributed by atoms with Gasteiger partial charge in [-0.05, 0) is 73.3 Å². The lowest BCUT2D eigenvalue weighted by Gasteiger charge is -2.50. The average molecular weight is 673 g/mol. The summed E-state index contributed by atoms with van der Waals surface area (Å²) in [5, 5.41) is 9.81. The van der Waals surface area contributed by atoms with E-state index in [1.807, 2.05) is 6.07 Å². The highest BCUT2D eigenvalue weighted by molar-refractivity contribution is 6.31. The summed E-state index contributed by atoms with van der Waals surface area (Å²) in [7, 11) is 0. The van der Waals surface area contributed by atoms with Crippen molar-refractivity contribution in [1.29, 1.82) is 0 Å². The summed E-state index contributed by atoms with van der Waals surface area (Å²) >= 11 is 12.5. The van der Waals surface area contributed by atoms with E-state index in [-0.39, 0.29) is 52.6 Å². The number of nitrogens with zero attached hydrogens (tertiary/aromatic N) is 1. The lowest BCUT2D eigenvalue weighted by molar-refractivity contribution is -0.134. The summed E-state index contributed by atoms with van der Waals surface area (Å²) in [5.41, 5.74) is 4.54. The number of nitrogens with one attached hydrogen (secondary N) is 3. The Balaban J connectivity index is 0.00000221. The Hall–Kier alpha value is -2.54. The van der Waals surface area contributed by atoms with Crippen LogP contribution in [0, 0.1) is 11.2 Å². The number of carbonyl (C=O) groups is 3. The molecule has 4 heterocycles. The second-order valence-electron chi connectivity index (χ2n) is 12.8. The first-order chi connectivity index (χ1) is 19.9. The van der Waals surface area contributed by atoms with E-state index in [1.54, 1.807) is 12.1 Å². The zero-order chi connectivity index (χ0) is 30.0. The Morgan fingerprint density at radius 3 is 2.48 bits per heavy atom. The van der Waals surface area contributed by atoms with E-state index in [9.17, 15) is 14.4 Å².